The predicted molar refractivity (Wildman–Crippen MR) is 64.8 cm³/mol. The summed E-state index contributed by atoms with van der Waals surface area (Å²) in [6.07, 6.45) is 10.7. The molecule has 0 bridgehead atoms. The van der Waals surface area contributed by atoms with E-state index < -0.39 is 0 Å². The Labute approximate surface area is 99.0 Å². The molecule has 0 aromatic carbocycles. The number of carbonyl (C=O) groups excluding carboxylic acids is 1. The van der Waals surface area contributed by atoms with Crippen molar-refractivity contribution in [2.45, 2.75) is 64.7 Å². The van der Waals surface area contributed by atoms with Gasteiger partial charge in [-0.1, -0.05) is 44.9 Å². The highest BCUT2D eigenvalue weighted by atomic mass is 16.1. The van der Waals surface area contributed by atoms with Gasteiger partial charge in [-0.25, -0.2) is 0 Å². The fourth-order valence-corrected chi connectivity index (χ4v) is 2.69. The van der Waals surface area contributed by atoms with Gasteiger partial charge in [0.05, 0.1) is 12.0 Å². The summed E-state index contributed by atoms with van der Waals surface area (Å²) in [5.74, 6) is 0.996. The van der Waals surface area contributed by atoms with Gasteiger partial charge in [0.15, 0.2) is 0 Å². The van der Waals surface area contributed by atoms with Gasteiger partial charge in [-0.2, -0.15) is 5.26 Å². The van der Waals surface area contributed by atoms with Crippen LogP contribution >= 0.6 is 0 Å². The zero-order valence-electron chi connectivity index (χ0n) is 10.4. The van der Waals surface area contributed by atoms with Crippen LogP contribution in [0.25, 0.3) is 0 Å². The second kappa shape index (κ2) is 7.44. The Morgan fingerprint density at radius 2 is 2.06 bits per heavy atom. The van der Waals surface area contributed by atoms with E-state index in [-0.39, 0.29) is 11.7 Å². The first-order valence-corrected chi connectivity index (χ1v) is 6.61. The second-order valence-electron chi connectivity index (χ2n) is 5.17. The molecule has 0 N–H and O–H groups in total. The Morgan fingerprint density at radius 1 is 1.38 bits per heavy atom. The second-order valence-corrected chi connectivity index (χ2v) is 5.17. The van der Waals surface area contributed by atoms with Gasteiger partial charge in [-0.3, -0.25) is 4.79 Å². The van der Waals surface area contributed by atoms with Crippen LogP contribution in [0, 0.1) is 23.2 Å². The monoisotopic (exact) mass is 221 g/mol. The van der Waals surface area contributed by atoms with Crippen molar-refractivity contribution in [2.75, 3.05) is 0 Å². The summed E-state index contributed by atoms with van der Waals surface area (Å²) in [7, 11) is 0. The zero-order chi connectivity index (χ0) is 11.8. The molecule has 90 valence electrons. The van der Waals surface area contributed by atoms with Gasteiger partial charge in [-0.05, 0) is 19.3 Å². The van der Waals surface area contributed by atoms with Gasteiger partial charge in [-0.15, -0.1) is 0 Å². The van der Waals surface area contributed by atoms with Crippen molar-refractivity contribution in [1.29, 1.82) is 5.26 Å². The zero-order valence-corrected chi connectivity index (χ0v) is 10.4. The molecule has 0 aromatic heterocycles. The Balaban J connectivity index is 2.12. The van der Waals surface area contributed by atoms with E-state index in [0.29, 0.717) is 6.42 Å². The van der Waals surface area contributed by atoms with Gasteiger partial charge in [0.1, 0.15) is 5.78 Å². The lowest BCUT2D eigenvalue weighted by molar-refractivity contribution is -0.117. The van der Waals surface area contributed by atoms with E-state index in [4.69, 9.17) is 5.26 Å². The Morgan fingerprint density at radius 3 is 2.62 bits per heavy atom. The number of Topliss-reactive ketones (excluding diaryl/α,β-unsaturated/α-hetero) is 1. The van der Waals surface area contributed by atoms with Crippen LogP contribution < -0.4 is 0 Å². The minimum absolute atomic E-state index is 0.0407. The standard InChI is InChI=1S/C14H23NO/c1-12(16)10-14(11-15)9-5-8-13-6-3-2-4-7-13/h13-14H,2-10H2,1H3/t14-/m1/s1. The average molecular weight is 221 g/mol. The van der Waals surface area contributed by atoms with Crippen LogP contribution in [-0.4, -0.2) is 5.78 Å². The normalized spacial score (nSPS) is 19.0. The van der Waals surface area contributed by atoms with Crippen molar-refractivity contribution in [3.05, 3.63) is 0 Å². The maximum absolute atomic E-state index is 10.9. The lowest BCUT2D eigenvalue weighted by atomic mass is 9.84. The molecule has 0 unspecified atom stereocenters. The van der Waals surface area contributed by atoms with Crippen molar-refractivity contribution in [3.8, 4) is 6.07 Å². The Kier molecular flexibility index (Phi) is 6.15. The highest BCUT2D eigenvalue weighted by molar-refractivity contribution is 5.76. The molecule has 0 saturated heterocycles. The predicted octanol–water partition coefficient (Wildman–Crippen LogP) is 3.86. The van der Waals surface area contributed by atoms with Gasteiger partial charge < -0.3 is 0 Å². The minimum Gasteiger partial charge on any atom is -0.300 e. The molecule has 1 aliphatic rings. The molecule has 0 amide bonds. The SMILES string of the molecule is CC(=O)C[C@H](C#N)CCCC1CCCCC1. The largest absolute Gasteiger partial charge is 0.300 e. The summed E-state index contributed by atoms with van der Waals surface area (Å²) in [6.45, 7) is 1.57. The first-order valence-electron chi connectivity index (χ1n) is 6.61. The molecule has 1 saturated carbocycles. The number of nitriles is 1. The van der Waals surface area contributed by atoms with Crippen LogP contribution in [0.3, 0.4) is 0 Å². The van der Waals surface area contributed by atoms with E-state index in [2.05, 4.69) is 6.07 Å². The minimum atomic E-state index is -0.0407. The van der Waals surface area contributed by atoms with Gasteiger partial charge in [0, 0.05) is 6.42 Å². The summed E-state index contributed by atoms with van der Waals surface area (Å²) in [4.78, 5) is 10.9. The third-order valence-corrected chi connectivity index (χ3v) is 3.61. The number of nitrogens with zero attached hydrogens (tertiary/aromatic N) is 1. The lowest BCUT2D eigenvalue weighted by Crippen LogP contribution is -2.08. The number of hydrogen-bond acceptors (Lipinski definition) is 2. The van der Waals surface area contributed by atoms with E-state index in [1.54, 1.807) is 6.92 Å². The maximum atomic E-state index is 10.9. The maximum Gasteiger partial charge on any atom is 0.131 e. The van der Waals surface area contributed by atoms with Crippen LogP contribution in [0.1, 0.15) is 64.7 Å². The highest BCUT2D eigenvalue weighted by Gasteiger charge is 2.15. The Hall–Kier alpha value is -0.840. The van der Waals surface area contributed by atoms with Gasteiger partial charge >= 0.3 is 0 Å². The molecular formula is C14H23NO. The van der Waals surface area contributed by atoms with Crippen LogP contribution in [0.4, 0.5) is 0 Å². The fraction of sp³-hybridized carbons (Fsp3) is 0.857. The molecule has 0 aromatic rings. The molecule has 0 radical (unpaired) electrons. The lowest BCUT2D eigenvalue weighted by Gasteiger charge is -2.21. The topological polar surface area (TPSA) is 40.9 Å². The smallest absolute Gasteiger partial charge is 0.131 e. The third-order valence-electron chi connectivity index (χ3n) is 3.61. The van der Waals surface area contributed by atoms with E-state index >= 15 is 0 Å². The van der Waals surface area contributed by atoms with Crippen molar-refractivity contribution in [2.24, 2.45) is 11.8 Å². The first kappa shape index (κ1) is 13.2. The summed E-state index contributed by atoms with van der Waals surface area (Å²) in [5.41, 5.74) is 0. The van der Waals surface area contributed by atoms with Crippen LogP contribution in [0.15, 0.2) is 0 Å². The molecule has 0 spiro atoms. The number of ketones is 1. The van der Waals surface area contributed by atoms with E-state index in [1.807, 2.05) is 0 Å². The van der Waals surface area contributed by atoms with Crippen molar-refractivity contribution < 1.29 is 4.79 Å². The highest BCUT2D eigenvalue weighted by Crippen LogP contribution is 2.28. The van der Waals surface area contributed by atoms with Crippen molar-refractivity contribution in [3.63, 3.8) is 0 Å². The quantitative estimate of drug-likeness (QED) is 0.683. The number of carbonyl (C=O) groups is 1. The molecule has 1 atom stereocenters. The fourth-order valence-electron chi connectivity index (χ4n) is 2.69. The van der Waals surface area contributed by atoms with Crippen molar-refractivity contribution in [1.82, 2.24) is 0 Å². The summed E-state index contributed by atoms with van der Waals surface area (Å²) >= 11 is 0. The van der Waals surface area contributed by atoms with E-state index in [9.17, 15) is 4.79 Å². The van der Waals surface area contributed by atoms with Crippen LogP contribution in [0.2, 0.25) is 0 Å². The third kappa shape index (κ3) is 5.30. The summed E-state index contributed by atoms with van der Waals surface area (Å²) in [5, 5.41) is 8.91. The summed E-state index contributed by atoms with van der Waals surface area (Å²) < 4.78 is 0. The number of rotatable bonds is 6. The van der Waals surface area contributed by atoms with E-state index in [0.717, 1.165) is 18.8 Å². The van der Waals surface area contributed by atoms with Gasteiger partial charge in [0.25, 0.3) is 0 Å². The van der Waals surface area contributed by atoms with Crippen LogP contribution in [-0.2, 0) is 4.79 Å². The first-order chi connectivity index (χ1) is 7.72. The molecular weight excluding hydrogens is 198 g/mol. The molecule has 1 fully saturated rings. The molecule has 2 heteroatoms. The van der Waals surface area contributed by atoms with Crippen molar-refractivity contribution >= 4 is 5.78 Å². The molecule has 2 nitrogen and oxygen atoms in total. The molecule has 1 aliphatic carbocycles. The van der Waals surface area contributed by atoms with E-state index in [1.165, 1.54) is 38.5 Å². The Bertz CT molecular complexity index is 248. The number of hydrogen-bond donors (Lipinski definition) is 0. The molecule has 0 aliphatic heterocycles. The van der Waals surface area contributed by atoms with Gasteiger partial charge in [0.2, 0.25) is 0 Å². The molecule has 1 rings (SSSR count). The summed E-state index contributed by atoms with van der Waals surface area (Å²) in [6, 6.07) is 2.25. The molecule has 0 heterocycles. The van der Waals surface area contributed by atoms with Crippen LogP contribution in [0.5, 0.6) is 0 Å². The average Bonchev–Trinajstić information content (AvgIpc) is 2.28. The molecule has 16 heavy (non-hydrogen) atoms.